The van der Waals surface area contributed by atoms with E-state index in [0.717, 1.165) is 0 Å². The minimum atomic E-state index is -5.03. The maximum atomic E-state index is 13.0. The first-order valence-corrected chi connectivity index (χ1v) is 11.5. The topological polar surface area (TPSA) is 134 Å². The van der Waals surface area contributed by atoms with Crippen LogP contribution in [0.5, 0.6) is 5.75 Å². The Morgan fingerprint density at radius 2 is 1.94 bits per heavy atom. The largest absolute Gasteiger partial charge is 1.00 e. The summed E-state index contributed by atoms with van der Waals surface area (Å²) in [7, 11) is -5.03. The molecule has 2 aromatic rings. The Hall–Kier alpha value is -1.26. The fourth-order valence-corrected chi connectivity index (χ4v) is 3.91. The summed E-state index contributed by atoms with van der Waals surface area (Å²) in [4.78, 5) is 44.8. The maximum Gasteiger partial charge on any atom is 1.00 e. The molecule has 2 aromatic carbocycles. The molecule has 0 spiro atoms. The van der Waals surface area contributed by atoms with Gasteiger partial charge in [0.05, 0.1) is 16.6 Å². The summed E-state index contributed by atoms with van der Waals surface area (Å²) in [6.07, 6.45) is -0.963. The van der Waals surface area contributed by atoms with Crippen molar-refractivity contribution in [1.82, 2.24) is 5.32 Å². The summed E-state index contributed by atoms with van der Waals surface area (Å²) in [6, 6.07) is 10.4. The first-order chi connectivity index (χ1) is 14.9. The maximum absolute atomic E-state index is 13.0. The third-order valence-electron chi connectivity index (χ3n) is 4.98. The molecule has 0 aliphatic carbocycles. The molecule has 1 unspecified atom stereocenters. The monoisotopic (exact) mass is 505 g/mol. The van der Waals surface area contributed by atoms with Crippen LogP contribution in [0.25, 0.3) is 0 Å². The molecule has 172 valence electrons. The van der Waals surface area contributed by atoms with Gasteiger partial charge in [-0.15, -0.1) is 0 Å². The molecule has 1 aliphatic heterocycles. The predicted molar refractivity (Wildman–Crippen MR) is 113 cm³/mol. The fourth-order valence-electron chi connectivity index (χ4n) is 3.49. The molecule has 0 fully saturated rings. The van der Waals surface area contributed by atoms with E-state index in [1.807, 2.05) is 0 Å². The van der Waals surface area contributed by atoms with E-state index in [2.05, 4.69) is 9.84 Å². The van der Waals surface area contributed by atoms with Crippen molar-refractivity contribution < 1.29 is 67.5 Å². The number of fused-ring (bicyclic) bond motifs is 1. The predicted octanol–water partition coefficient (Wildman–Crippen LogP) is 0.00870. The number of amides is 1. The number of ketones is 1. The summed E-state index contributed by atoms with van der Waals surface area (Å²) >= 11 is 6.16. The van der Waals surface area contributed by atoms with Crippen LogP contribution >= 0.6 is 19.4 Å². The Labute approximate surface area is 218 Å². The molecule has 1 aliphatic rings. The van der Waals surface area contributed by atoms with Gasteiger partial charge in [0, 0.05) is 11.1 Å². The van der Waals surface area contributed by atoms with Gasteiger partial charge in [0.2, 0.25) is 0 Å². The van der Waals surface area contributed by atoms with Crippen molar-refractivity contribution in [2.45, 2.75) is 38.5 Å². The second-order valence-corrected chi connectivity index (χ2v) is 9.35. The average molecular weight is 506 g/mol. The second-order valence-electron chi connectivity index (χ2n) is 7.75. The van der Waals surface area contributed by atoms with Gasteiger partial charge in [0.1, 0.15) is 17.5 Å². The van der Waals surface area contributed by atoms with Gasteiger partial charge in [-0.25, -0.2) is 0 Å². The number of benzene rings is 2. The van der Waals surface area contributed by atoms with Crippen molar-refractivity contribution in [3.63, 3.8) is 0 Å². The SMILES string of the molecule is CC(=O)c1ccc2c(c1)[C@H](NC(=O)c1ccccc1Cl)[C@H](OCOP(=O)([O-])O)C(C)(C)O2.[Na+]. The number of halogens is 1. The normalized spacial score (nSPS) is 20.4. The molecule has 0 bridgehead atoms. The minimum absolute atomic E-state index is 0. The van der Waals surface area contributed by atoms with Crippen LogP contribution in [0.1, 0.15) is 53.1 Å². The molecule has 1 heterocycles. The Morgan fingerprint density at radius 3 is 2.55 bits per heavy atom. The molecule has 3 rings (SSSR count). The zero-order valence-electron chi connectivity index (χ0n) is 18.5. The smallest absolute Gasteiger partial charge is 0.756 e. The van der Waals surface area contributed by atoms with Crippen molar-refractivity contribution in [2.75, 3.05) is 6.79 Å². The van der Waals surface area contributed by atoms with Crippen LogP contribution in [-0.2, 0) is 13.8 Å². The zero-order valence-corrected chi connectivity index (χ0v) is 22.2. The van der Waals surface area contributed by atoms with Crippen molar-refractivity contribution in [3.05, 3.63) is 64.2 Å². The number of Topliss-reactive ketones (excluding diaryl/α,β-unsaturated/α-hetero) is 1. The third kappa shape index (κ3) is 6.88. The van der Waals surface area contributed by atoms with Gasteiger partial charge >= 0.3 is 29.6 Å². The van der Waals surface area contributed by atoms with E-state index >= 15 is 0 Å². The van der Waals surface area contributed by atoms with Crippen molar-refractivity contribution >= 4 is 31.1 Å². The van der Waals surface area contributed by atoms with E-state index in [9.17, 15) is 19.0 Å². The molecule has 0 radical (unpaired) electrons. The molecule has 1 amide bonds. The quantitative estimate of drug-likeness (QED) is 0.233. The zero-order chi connectivity index (χ0) is 23.7. The molecular formula is C21H22ClNNaO8P. The van der Waals surface area contributed by atoms with Crippen LogP contribution in [-0.4, -0.2) is 35.1 Å². The van der Waals surface area contributed by atoms with Gasteiger partial charge < -0.3 is 24.6 Å². The second kappa shape index (κ2) is 11.0. The molecule has 0 saturated carbocycles. The molecule has 3 atom stereocenters. The van der Waals surface area contributed by atoms with Crippen LogP contribution in [0.2, 0.25) is 5.02 Å². The summed E-state index contributed by atoms with van der Waals surface area (Å²) in [5.41, 5.74) is 0.00171. The van der Waals surface area contributed by atoms with E-state index in [4.69, 9.17) is 26.0 Å². The molecule has 0 aromatic heterocycles. The Balaban J connectivity index is 0.00000385. The Morgan fingerprint density at radius 1 is 1.27 bits per heavy atom. The van der Waals surface area contributed by atoms with Crippen molar-refractivity contribution in [2.24, 2.45) is 0 Å². The van der Waals surface area contributed by atoms with E-state index in [-0.39, 0.29) is 45.9 Å². The standard InChI is InChI=1S/C21H23ClNO8P.Na/c1-12(24)13-8-9-17-15(10-13)18(23-20(25)14-6-4-5-7-16(14)22)19(21(2,3)31-17)29-11-30-32(26,27)28;/h4-10,18-19H,11H2,1-3H3,(H,23,25)(H2,26,27,28);/q;+1/p-1/t18-,19-;/m0./s1. The van der Waals surface area contributed by atoms with Crippen molar-refractivity contribution in [1.29, 1.82) is 0 Å². The Bertz CT molecular complexity index is 1090. The van der Waals surface area contributed by atoms with Gasteiger partial charge in [-0.3, -0.25) is 18.7 Å². The number of hydrogen-bond acceptors (Lipinski definition) is 7. The van der Waals surface area contributed by atoms with Crippen molar-refractivity contribution in [3.8, 4) is 5.75 Å². The van der Waals surface area contributed by atoms with Gasteiger partial charge in [0.25, 0.3) is 13.7 Å². The molecule has 0 saturated heterocycles. The summed E-state index contributed by atoms with van der Waals surface area (Å²) < 4.78 is 26.9. The van der Waals surface area contributed by atoms with E-state index in [0.29, 0.717) is 16.9 Å². The van der Waals surface area contributed by atoms with Gasteiger partial charge in [0.15, 0.2) is 12.6 Å². The summed E-state index contributed by atoms with van der Waals surface area (Å²) in [6.45, 7) is 3.96. The number of phosphoric acid groups is 1. The number of carbonyl (C=O) groups excluding carboxylic acids is 2. The van der Waals surface area contributed by atoms with Crippen LogP contribution in [0.3, 0.4) is 0 Å². The number of phosphoric ester groups is 1. The Kier molecular flexibility index (Phi) is 9.32. The van der Waals surface area contributed by atoms with Gasteiger partial charge in [-0.1, -0.05) is 23.7 Å². The van der Waals surface area contributed by atoms with Crippen LogP contribution < -0.4 is 44.5 Å². The van der Waals surface area contributed by atoms with Gasteiger partial charge in [-0.2, -0.15) is 0 Å². The molecule has 2 N–H and O–H groups in total. The number of hydrogen-bond donors (Lipinski definition) is 2. The fraction of sp³-hybridized carbons (Fsp3) is 0.333. The van der Waals surface area contributed by atoms with E-state index in [1.165, 1.54) is 6.92 Å². The number of rotatable bonds is 7. The molecule has 33 heavy (non-hydrogen) atoms. The third-order valence-corrected chi connectivity index (χ3v) is 5.74. The van der Waals surface area contributed by atoms with Gasteiger partial charge in [-0.05, 0) is 51.1 Å². The van der Waals surface area contributed by atoms with Crippen LogP contribution in [0.15, 0.2) is 42.5 Å². The van der Waals surface area contributed by atoms with Crippen LogP contribution in [0.4, 0.5) is 0 Å². The summed E-state index contributed by atoms with van der Waals surface area (Å²) in [5, 5.41) is 3.09. The number of nitrogens with one attached hydrogen (secondary N) is 1. The van der Waals surface area contributed by atoms with E-state index < -0.39 is 38.3 Å². The van der Waals surface area contributed by atoms with Crippen LogP contribution in [0, 0.1) is 0 Å². The first kappa shape index (κ1) is 28.0. The molecule has 9 nitrogen and oxygen atoms in total. The van der Waals surface area contributed by atoms with E-state index in [1.54, 1.807) is 56.3 Å². The molecular weight excluding hydrogens is 484 g/mol. The average Bonchev–Trinajstić information content (AvgIpc) is 2.68. The summed E-state index contributed by atoms with van der Waals surface area (Å²) in [5.74, 6) is -0.285. The number of ether oxygens (including phenoxy) is 2. The molecule has 12 heteroatoms. The minimum Gasteiger partial charge on any atom is -0.756 e. The first-order valence-electron chi connectivity index (χ1n) is 9.58. The number of carbonyl (C=O) groups is 2.